The number of amides is 2. The molecule has 0 radical (unpaired) electrons. The van der Waals surface area contributed by atoms with E-state index < -0.39 is 0 Å². The van der Waals surface area contributed by atoms with E-state index in [0.29, 0.717) is 11.4 Å². The average molecular weight is 242 g/mol. The van der Waals surface area contributed by atoms with Crippen LogP contribution in [0.15, 0.2) is 30.6 Å². The lowest BCUT2D eigenvalue weighted by molar-refractivity contribution is -0.128. The third kappa shape index (κ3) is 1.67. The van der Waals surface area contributed by atoms with E-state index in [2.05, 4.69) is 15.2 Å². The molecule has 0 aliphatic carbocycles. The normalized spacial score (nSPS) is 14.8. The van der Waals surface area contributed by atoms with Crippen LogP contribution in [0.3, 0.4) is 0 Å². The highest BCUT2D eigenvalue weighted by atomic mass is 16.2. The van der Waals surface area contributed by atoms with Crippen LogP contribution in [0.4, 0.5) is 0 Å². The van der Waals surface area contributed by atoms with E-state index in [9.17, 15) is 9.59 Å². The Morgan fingerprint density at radius 1 is 1.28 bits per heavy atom. The second-order valence-electron chi connectivity index (χ2n) is 4.05. The van der Waals surface area contributed by atoms with Gasteiger partial charge >= 0.3 is 0 Å². The Kier molecular flexibility index (Phi) is 2.40. The van der Waals surface area contributed by atoms with Crippen molar-refractivity contribution in [3.05, 3.63) is 47.5 Å². The Balaban J connectivity index is 1.93. The number of hydrogen-bond acceptors (Lipinski definition) is 4. The largest absolute Gasteiger partial charge is 0.274 e. The summed E-state index contributed by atoms with van der Waals surface area (Å²) in [5.74, 6) is 0.00410. The number of carbonyl (C=O) groups excluding carboxylic acids is 2. The van der Waals surface area contributed by atoms with Gasteiger partial charge in [-0.3, -0.25) is 19.6 Å². The van der Waals surface area contributed by atoms with E-state index in [4.69, 9.17) is 0 Å². The molecule has 0 bridgehead atoms. The molecule has 0 atom stereocenters. The van der Waals surface area contributed by atoms with Crippen LogP contribution in [0.2, 0.25) is 0 Å². The molecule has 0 spiro atoms. The standard InChI is InChI=1S/C12H10N4O2/c17-11-5-8-3-1-2-4-9(8)12(18)16(11)6-10-13-7-14-15-10/h1-4,7H,5-6H2,(H,13,14,15). The molecule has 0 saturated heterocycles. The molecule has 0 unspecified atom stereocenters. The Morgan fingerprint density at radius 2 is 2.11 bits per heavy atom. The molecule has 6 heteroatoms. The van der Waals surface area contributed by atoms with Gasteiger partial charge in [-0.15, -0.1) is 0 Å². The number of fused-ring (bicyclic) bond motifs is 1. The van der Waals surface area contributed by atoms with Gasteiger partial charge in [-0.25, -0.2) is 4.98 Å². The van der Waals surface area contributed by atoms with Crippen LogP contribution in [0.25, 0.3) is 0 Å². The average Bonchev–Trinajstić information content (AvgIpc) is 2.87. The minimum Gasteiger partial charge on any atom is -0.274 e. The highest BCUT2D eigenvalue weighted by molar-refractivity contribution is 6.09. The molecule has 1 aromatic heterocycles. The summed E-state index contributed by atoms with van der Waals surface area (Å²) in [5.41, 5.74) is 1.36. The molecule has 6 nitrogen and oxygen atoms in total. The minimum absolute atomic E-state index is 0.131. The highest BCUT2D eigenvalue weighted by Gasteiger charge is 2.30. The molecule has 0 saturated carbocycles. The maximum atomic E-state index is 12.2. The number of rotatable bonds is 2. The van der Waals surface area contributed by atoms with Gasteiger partial charge in [0.25, 0.3) is 5.91 Å². The Hall–Kier alpha value is -2.50. The summed E-state index contributed by atoms with van der Waals surface area (Å²) in [6, 6.07) is 7.15. The number of imide groups is 1. The summed E-state index contributed by atoms with van der Waals surface area (Å²) in [6.45, 7) is 0.131. The van der Waals surface area contributed by atoms with Crippen molar-refractivity contribution in [1.82, 2.24) is 20.1 Å². The number of H-pyrrole nitrogens is 1. The first-order valence-electron chi connectivity index (χ1n) is 5.52. The van der Waals surface area contributed by atoms with Crippen molar-refractivity contribution < 1.29 is 9.59 Å². The molecule has 1 aliphatic rings. The SMILES string of the molecule is O=C1Cc2ccccc2C(=O)N1Cc1ncn[nH]1. The summed E-state index contributed by atoms with van der Waals surface area (Å²) < 4.78 is 0. The van der Waals surface area contributed by atoms with E-state index >= 15 is 0 Å². The first-order chi connectivity index (χ1) is 8.75. The first kappa shape index (κ1) is 10.6. The van der Waals surface area contributed by atoms with Gasteiger partial charge in [0.15, 0.2) is 0 Å². The number of benzene rings is 1. The monoisotopic (exact) mass is 242 g/mol. The minimum atomic E-state index is -0.279. The van der Waals surface area contributed by atoms with Gasteiger partial charge in [0.1, 0.15) is 12.2 Å². The van der Waals surface area contributed by atoms with Gasteiger partial charge in [0, 0.05) is 5.56 Å². The van der Waals surface area contributed by atoms with Crippen LogP contribution in [0, 0.1) is 0 Å². The van der Waals surface area contributed by atoms with Crippen LogP contribution >= 0.6 is 0 Å². The fraction of sp³-hybridized carbons (Fsp3) is 0.167. The summed E-state index contributed by atoms with van der Waals surface area (Å²) >= 11 is 0. The van der Waals surface area contributed by atoms with Crippen molar-refractivity contribution in [2.24, 2.45) is 0 Å². The number of nitrogens with zero attached hydrogens (tertiary/aromatic N) is 3. The maximum Gasteiger partial charge on any atom is 0.261 e. The van der Waals surface area contributed by atoms with Gasteiger partial charge in [-0.05, 0) is 11.6 Å². The number of aromatic amines is 1. The van der Waals surface area contributed by atoms with Gasteiger partial charge in [-0.1, -0.05) is 18.2 Å². The van der Waals surface area contributed by atoms with Crippen LogP contribution in [-0.4, -0.2) is 31.9 Å². The second kappa shape index (κ2) is 4.06. The van der Waals surface area contributed by atoms with E-state index in [1.165, 1.54) is 11.2 Å². The molecule has 2 heterocycles. The van der Waals surface area contributed by atoms with Crippen LogP contribution < -0.4 is 0 Å². The highest BCUT2D eigenvalue weighted by Crippen LogP contribution is 2.20. The van der Waals surface area contributed by atoms with Gasteiger partial charge in [0.05, 0.1) is 13.0 Å². The smallest absolute Gasteiger partial charge is 0.261 e. The summed E-state index contributed by atoms with van der Waals surface area (Å²) in [6.07, 6.45) is 1.60. The predicted octanol–water partition coefficient (Wildman–Crippen LogP) is 0.530. The molecule has 18 heavy (non-hydrogen) atoms. The quantitative estimate of drug-likeness (QED) is 0.779. The maximum absolute atomic E-state index is 12.2. The van der Waals surface area contributed by atoms with E-state index in [1.54, 1.807) is 18.2 Å². The van der Waals surface area contributed by atoms with Crippen molar-refractivity contribution in [2.45, 2.75) is 13.0 Å². The van der Waals surface area contributed by atoms with E-state index in [-0.39, 0.29) is 24.8 Å². The van der Waals surface area contributed by atoms with Gasteiger partial charge < -0.3 is 0 Å². The third-order valence-corrected chi connectivity index (χ3v) is 2.91. The fourth-order valence-electron chi connectivity index (χ4n) is 2.02. The van der Waals surface area contributed by atoms with Crippen molar-refractivity contribution in [3.8, 4) is 0 Å². The lowest BCUT2D eigenvalue weighted by Gasteiger charge is -2.25. The molecule has 1 N–H and O–H groups in total. The summed E-state index contributed by atoms with van der Waals surface area (Å²) in [5, 5.41) is 6.34. The van der Waals surface area contributed by atoms with Gasteiger partial charge in [-0.2, -0.15) is 5.10 Å². The molecule has 2 aromatic rings. The van der Waals surface area contributed by atoms with Crippen LogP contribution in [-0.2, 0) is 17.8 Å². The van der Waals surface area contributed by atoms with Crippen molar-refractivity contribution >= 4 is 11.8 Å². The predicted molar refractivity (Wildman–Crippen MR) is 61.4 cm³/mol. The topological polar surface area (TPSA) is 79.0 Å². The van der Waals surface area contributed by atoms with Gasteiger partial charge in [0.2, 0.25) is 5.91 Å². The zero-order valence-corrected chi connectivity index (χ0v) is 9.46. The van der Waals surface area contributed by atoms with E-state index in [1.807, 2.05) is 6.07 Å². The molecule has 2 amide bonds. The Labute approximate surface area is 103 Å². The van der Waals surface area contributed by atoms with Crippen LogP contribution in [0.5, 0.6) is 0 Å². The third-order valence-electron chi connectivity index (χ3n) is 2.91. The summed E-state index contributed by atoms with van der Waals surface area (Å²) in [4.78, 5) is 29.3. The molecule has 0 fully saturated rings. The molecular weight excluding hydrogens is 232 g/mol. The number of nitrogens with one attached hydrogen (secondary N) is 1. The number of carbonyl (C=O) groups is 2. The molecule has 1 aliphatic heterocycles. The van der Waals surface area contributed by atoms with E-state index in [0.717, 1.165) is 5.56 Å². The Morgan fingerprint density at radius 3 is 2.89 bits per heavy atom. The second-order valence-corrected chi connectivity index (χ2v) is 4.05. The zero-order valence-electron chi connectivity index (χ0n) is 9.46. The Bertz CT molecular complexity index is 606. The zero-order chi connectivity index (χ0) is 12.5. The number of aromatic nitrogens is 3. The molecular formula is C12H10N4O2. The van der Waals surface area contributed by atoms with Crippen molar-refractivity contribution in [3.63, 3.8) is 0 Å². The summed E-state index contributed by atoms with van der Waals surface area (Å²) in [7, 11) is 0. The lowest BCUT2D eigenvalue weighted by Crippen LogP contribution is -2.41. The van der Waals surface area contributed by atoms with Crippen molar-refractivity contribution in [1.29, 1.82) is 0 Å². The molecule has 1 aromatic carbocycles. The molecule has 3 rings (SSSR count). The first-order valence-corrected chi connectivity index (χ1v) is 5.52. The van der Waals surface area contributed by atoms with Crippen molar-refractivity contribution in [2.75, 3.05) is 0 Å². The molecule has 90 valence electrons. The number of hydrogen-bond donors (Lipinski definition) is 1. The lowest BCUT2D eigenvalue weighted by atomic mass is 9.98. The van der Waals surface area contributed by atoms with Crippen LogP contribution in [0.1, 0.15) is 21.7 Å². The fourth-order valence-corrected chi connectivity index (χ4v) is 2.02.